The monoisotopic (exact) mass is 386 g/mol. The van der Waals surface area contributed by atoms with Crippen molar-refractivity contribution in [3.8, 4) is 6.07 Å². The number of aromatic nitrogens is 2. The molecule has 0 aromatic carbocycles. The fourth-order valence-electron chi connectivity index (χ4n) is 3.28. The molecule has 1 unspecified atom stereocenters. The number of pyridine rings is 1. The van der Waals surface area contributed by atoms with Crippen LogP contribution >= 0.6 is 11.6 Å². The molecule has 0 spiro atoms. The third-order valence-corrected chi connectivity index (χ3v) is 4.95. The molecule has 0 bridgehead atoms. The van der Waals surface area contributed by atoms with Crippen molar-refractivity contribution in [1.82, 2.24) is 9.97 Å². The zero-order chi connectivity index (χ0) is 19.2. The Balaban J connectivity index is 2.30. The summed E-state index contributed by atoms with van der Waals surface area (Å²) < 4.78 is 40.4. The Bertz CT molecular complexity index is 932. The number of carboxylic acid groups (broad SMARTS) is 1. The van der Waals surface area contributed by atoms with Gasteiger partial charge in [0.25, 0.3) is 0 Å². The van der Waals surface area contributed by atoms with Crippen molar-refractivity contribution in [2.75, 3.05) is 18.0 Å². The lowest BCUT2D eigenvalue weighted by Crippen LogP contribution is -2.39. The standard InChI is InChI=1S/C16H14ClF3N4O2/c1-7-10(17)11-12(22-7)13(9(5-21)14(23-11)16(18,19)20)24-4-2-3-8(6-24)15(25)26/h8,22H,2-4,6H2,1H3,(H,25,26). The van der Waals surface area contributed by atoms with Crippen molar-refractivity contribution in [2.24, 2.45) is 5.92 Å². The van der Waals surface area contributed by atoms with Gasteiger partial charge in [-0.1, -0.05) is 11.6 Å². The molecule has 2 aromatic rings. The maximum atomic E-state index is 13.5. The van der Waals surface area contributed by atoms with Crippen LogP contribution in [-0.2, 0) is 11.0 Å². The number of halogens is 4. The Morgan fingerprint density at radius 2 is 2.19 bits per heavy atom. The second-order valence-corrected chi connectivity index (χ2v) is 6.58. The van der Waals surface area contributed by atoms with Crippen LogP contribution in [-0.4, -0.2) is 34.1 Å². The Hall–Kier alpha value is -2.47. The molecule has 1 saturated heterocycles. The van der Waals surface area contributed by atoms with E-state index in [0.717, 1.165) is 0 Å². The summed E-state index contributed by atoms with van der Waals surface area (Å²) in [4.78, 5) is 19.3. The van der Waals surface area contributed by atoms with Crippen LogP contribution in [0.2, 0.25) is 5.02 Å². The number of hydrogen-bond donors (Lipinski definition) is 2. The van der Waals surface area contributed by atoms with Gasteiger partial charge in [0.15, 0.2) is 5.69 Å². The number of aliphatic carboxylic acids is 1. The molecule has 2 N–H and O–H groups in total. The molecule has 26 heavy (non-hydrogen) atoms. The number of rotatable bonds is 2. The number of alkyl halides is 3. The number of fused-ring (bicyclic) bond motifs is 1. The van der Waals surface area contributed by atoms with Crippen LogP contribution in [0, 0.1) is 24.2 Å². The third kappa shape index (κ3) is 2.94. The van der Waals surface area contributed by atoms with E-state index in [4.69, 9.17) is 11.6 Å². The average Bonchev–Trinajstić information content (AvgIpc) is 2.86. The van der Waals surface area contributed by atoms with Crippen LogP contribution in [0.25, 0.3) is 11.0 Å². The second kappa shape index (κ2) is 6.36. The normalized spacial score (nSPS) is 18.2. The fraction of sp³-hybridized carbons (Fsp3) is 0.438. The summed E-state index contributed by atoms with van der Waals surface area (Å²) in [6.07, 6.45) is -3.93. The van der Waals surface area contributed by atoms with Gasteiger partial charge in [-0.05, 0) is 19.8 Å². The minimum absolute atomic E-state index is 0.00535. The van der Waals surface area contributed by atoms with Crippen LogP contribution in [0.4, 0.5) is 18.9 Å². The SMILES string of the molecule is Cc1[nH]c2c(N3CCCC(C(=O)O)C3)c(C#N)c(C(F)(F)F)nc2c1Cl. The molecule has 2 aromatic heterocycles. The third-order valence-electron chi connectivity index (χ3n) is 4.49. The molecular weight excluding hydrogens is 373 g/mol. The summed E-state index contributed by atoms with van der Waals surface area (Å²) in [7, 11) is 0. The molecule has 6 nitrogen and oxygen atoms in total. The Labute approximate surface area is 151 Å². The Morgan fingerprint density at radius 3 is 2.77 bits per heavy atom. The maximum Gasteiger partial charge on any atom is 0.434 e. The minimum atomic E-state index is -4.84. The van der Waals surface area contributed by atoms with Crippen molar-refractivity contribution in [3.05, 3.63) is 22.0 Å². The average molecular weight is 387 g/mol. The van der Waals surface area contributed by atoms with E-state index in [9.17, 15) is 28.3 Å². The number of nitrogens with one attached hydrogen (secondary N) is 1. The summed E-state index contributed by atoms with van der Waals surface area (Å²) in [5, 5.41) is 18.7. The van der Waals surface area contributed by atoms with Crippen LogP contribution in [0.15, 0.2) is 0 Å². The lowest BCUT2D eigenvalue weighted by molar-refractivity contribution is -0.142. The van der Waals surface area contributed by atoms with Crippen LogP contribution < -0.4 is 4.90 Å². The number of carbonyl (C=O) groups is 1. The van der Waals surface area contributed by atoms with Gasteiger partial charge in [-0.2, -0.15) is 18.4 Å². The van der Waals surface area contributed by atoms with Crippen LogP contribution in [0.3, 0.4) is 0 Å². The number of aromatic amines is 1. The number of nitriles is 1. The summed E-state index contributed by atoms with van der Waals surface area (Å²) in [5.41, 5.74) is -1.39. The number of H-pyrrole nitrogens is 1. The number of hydrogen-bond acceptors (Lipinski definition) is 4. The smallest absolute Gasteiger partial charge is 0.434 e. The first-order valence-corrected chi connectivity index (χ1v) is 8.19. The van der Waals surface area contributed by atoms with Crippen molar-refractivity contribution in [1.29, 1.82) is 5.26 Å². The topological polar surface area (TPSA) is 93.0 Å². The van der Waals surface area contributed by atoms with Gasteiger partial charge in [0.1, 0.15) is 17.1 Å². The molecule has 0 radical (unpaired) electrons. The first kappa shape index (κ1) is 18.3. The largest absolute Gasteiger partial charge is 0.481 e. The highest BCUT2D eigenvalue weighted by Crippen LogP contribution is 2.42. The van der Waals surface area contributed by atoms with Crippen molar-refractivity contribution in [3.63, 3.8) is 0 Å². The fourth-order valence-corrected chi connectivity index (χ4v) is 3.46. The molecule has 0 saturated carbocycles. The number of piperidine rings is 1. The predicted octanol–water partition coefficient (Wildman–Crippen LogP) is 3.72. The highest BCUT2D eigenvalue weighted by molar-refractivity contribution is 6.36. The van der Waals surface area contributed by atoms with Gasteiger partial charge < -0.3 is 15.0 Å². The van der Waals surface area contributed by atoms with Gasteiger partial charge in [0.05, 0.1) is 22.1 Å². The lowest BCUT2D eigenvalue weighted by atomic mass is 9.96. The second-order valence-electron chi connectivity index (χ2n) is 6.20. The maximum absolute atomic E-state index is 13.5. The summed E-state index contributed by atoms with van der Waals surface area (Å²) in [6.45, 7) is 1.93. The molecule has 0 aliphatic carbocycles. The quantitative estimate of drug-likeness (QED) is 0.820. The van der Waals surface area contributed by atoms with E-state index in [1.807, 2.05) is 0 Å². The number of aryl methyl sites for hydroxylation is 1. The first-order chi connectivity index (χ1) is 12.1. The number of nitrogens with zero attached hydrogens (tertiary/aromatic N) is 3. The van der Waals surface area contributed by atoms with Crippen molar-refractivity contribution >= 4 is 34.3 Å². The zero-order valence-corrected chi connectivity index (χ0v) is 14.4. The molecule has 1 atom stereocenters. The molecular formula is C16H14ClF3N4O2. The predicted molar refractivity (Wildman–Crippen MR) is 88.1 cm³/mol. The zero-order valence-electron chi connectivity index (χ0n) is 13.6. The number of carboxylic acids is 1. The van der Waals surface area contributed by atoms with E-state index in [1.54, 1.807) is 13.0 Å². The molecule has 1 aliphatic heterocycles. The van der Waals surface area contributed by atoms with Crippen molar-refractivity contribution < 1.29 is 23.1 Å². The lowest BCUT2D eigenvalue weighted by Gasteiger charge is -2.33. The van der Waals surface area contributed by atoms with E-state index in [1.165, 1.54) is 4.90 Å². The minimum Gasteiger partial charge on any atom is -0.481 e. The van der Waals surface area contributed by atoms with Gasteiger partial charge in [0, 0.05) is 18.8 Å². The van der Waals surface area contributed by atoms with Crippen LogP contribution in [0.5, 0.6) is 0 Å². The van der Waals surface area contributed by atoms with Gasteiger partial charge in [-0.15, -0.1) is 0 Å². The highest BCUT2D eigenvalue weighted by atomic mass is 35.5. The van der Waals surface area contributed by atoms with E-state index in [2.05, 4.69) is 9.97 Å². The summed E-state index contributed by atoms with van der Waals surface area (Å²) in [5.74, 6) is -1.74. The van der Waals surface area contributed by atoms with E-state index < -0.39 is 29.3 Å². The van der Waals surface area contributed by atoms with E-state index >= 15 is 0 Å². The summed E-state index contributed by atoms with van der Waals surface area (Å²) >= 11 is 6.09. The summed E-state index contributed by atoms with van der Waals surface area (Å²) in [6, 6.07) is 1.60. The highest BCUT2D eigenvalue weighted by Gasteiger charge is 2.40. The molecule has 1 fully saturated rings. The first-order valence-electron chi connectivity index (χ1n) is 7.82. The van der Waals surface area contributed by atoms with E-state index in [-0.39, 0.29) is 28.3 Å². The molecule has 10 heteroatoms. The van der Waals surface area contributed by atoms with E-state index in [0.29, 0.717) is 25.1 Å². The number of anilines is 1. The van der Waals surface area contributed by atoms with Crippen molar-refractivity contribution in [2.45, 2.75) is 25.9 Å². The van der Waals surface area contributed by atoms with Gasteiger partial charge >= 0.3 is 12.1 Å². The molecule has 3 heterocycles. The molecule has 0 amide bonds. The van der Waals surface area contributed by atoms with Gasteiger partial charge in [0.2, 0.25) is 0 Å². The molecule has 1 aliphatic rings. The molecule has 3 rings (SSSR count). The Kier molecular flexibility index (Phi) is 4.48. The Morgan fingerprint density at radius 1 is 1.50 bits per heavy atom. The molecule has 138 valence electrons. The van der Waals surface area contributed by atoms with Gasteiger partial charge in [-0.25, -0.2) is 4.98 Å². The van der Waals surface area contributed by atoms with Gasteiger partial charge in [-0.3, -0.25) is 4.79 Å². The van der Waals surface area contributed by atoms with Crippen LogP contribution in [0.1, 0.15) is 29.8 Å².